The maximum atomic E-state index is 11.3. The van der Waals surface area contributed by atoms with Crippen molar-refractivity contribution in [1.29, 1.82) is 5.26 Å². The molecule has 1 aromatic heterocycles. The topological polar surface area (TPSA) is 98.9 Å². The molecule has 0 fully saturated rings. The van der Waals surface area contributed by atoms with Crippen LogP contribution >= 0.6 is 0 Å². The minimum absolute atomic E-state index is 0.0599. The first-order chi connectivity index (χ1) is 9.22. The smallest absolute Gasteiger partial charge is 0.330 e. The fourth-order valence-electron chi connectivity index (χ4n) is 1.60. The molecule has 1 unspecified atom stereocenters. The molecule has 19 heavy (non-hydrogen) atoms. The van der Waals surface area contributed by atoms with Gasteiger partial charge in [-0.2, -0.15) is 5.26 Å². The van der Waals surface area contributed by atoms with Crippen molar-refractivity contribution in [2.45, 2.75) is 6.04 Å². The highest BCUT2D eigenvalue weighted by molar-refractivity contribution is 5.79. The lowest BCUT2D eigenvalue weighted by Gasteiger charge is -2.15. The van der Waals surface area contributed by atoms with Crippen LogP contribution in [-0.4, -0.2) is 21.0 Å². The van der Waals surface area contributed by atoms with Gasteiger partial charge in [0.05, 0.1) is 0 Å². The number of aromatic nitrogens is 2. The predicted molar refractivity (Wildman–Crippen MR) is 67.2 cm³/mol. The minimum atomic E-state index is -1.05. The number of carboxylic acid groups (broad SMARTS) is 1. The second-order valence-corrected chi connectivity index (χ2v) is 3.69. The average molecular weight is 254 g/mol. The number of nitrogens with one attached hydrogen (secondary N) is 1. The number of benzene rings is 1. The molecule has 94 valence electrons. The summed E-state index contributed by atoms with van der Waals surface area (Å²) in [7, 11) is 0. The van der Waals surface area contributed by atoms with E-state index in [4.69, 9.17) is 5.26 Å². The number of hydrogen-bond donors (Lipinski definition) is 2. The summed E-state index contributed by atoms with van der Waals surface area (Å²) in [6, 6.07) is 9.54. The van der Waals surface area contributed by atoms with Crippen molar-refractivity contribution in [1.82, 2.24) is 9.97 Å². The van der Waals surface area contributed by atoms with Crippen molar-refractivity contribution in [2.24, 2.45) is 0 Å². The molecule has 2 rings (SSSR count). The van der Waals surface area contributed by atoms with E-state index in [0.29, 0.717) is 5.56 Å². The molecule has 6 heteroatoms. The zero-order valence-electron chi connectivity index (χ0n) is 9.82. The van der Waals surface area contributed by atoms with Crippen molar-refractivity contribution < 1.29 is 9.90 Å². The lowest BCUT2D eigenvalue weighted by Crippen LogP contribution is -2.21. The van der Waals surface area contributed by atoms with E-state index in [0.717, 1.165) is 0 Å². The van der Waals surface area contributed by atoms with Crippen molar-refractivity contribution in [2.75, 3.05) is 5.32 Å². The molecule has 1 aromatic carbocycles. The van der Waals surface area contributed by atoms with Gasteiger partial charge in [0.1, 0.15) is 6.07 Å². The van der Waals surface area contributed by atoms with E-state index in [1.807, 2.05) is 6.07 Å². The zero-order chi connectivity index (χ0) is 13.7. The standard InChI is InChI=1S/C13H10N4O2/c14-8-10-12(16-7-6-15-10)17-11(13(18)19)9-4-2-1-3-5-9/h1-7,11H,(H,16,17)(H,18,19). The van der Waals surface area contributed by atoms with E-state index in [1.165, 1.54) is 12.4 Å². The van der Waals surface area contributed by atoms with Crippen LogP contribution in [0.15, 0.2) is 42.7 Å². The molecular formula is C13H10N4O2. The highest BCUT2D eigenvalue weighted by Gasteiger charge is 2.21. The third kappa shape index (κ3) is 2.84. The summed E-state index contributed by atoms with van der Waals surface area (Å²) >= 11 is 0. The first-order valence-corrected chi connectivity index (χ1v) is 5.47. The third-order valence-corrected chi connectivity index (χ3v) is 2.47. The molecule has 0 aliphatic carbocycles. The van der Waals surface area contributed by atoms with Crippen molar-refractivity contribution in [3.8, 4) is 6.07 Å². The van der Waals surface area contributed by atoms with E-state index >= 15 is 0 Å². The summed E-state index contributed by atoms with van der Waals surface area (Å²) in [6.45, 7) is 0. The van der Waals surface area contributed by atoms with Crippen molar-refractivity contribution in [3.63, 3.8) is 0 Å². The Morgan fingerprint density at radius 3 is 2.58 bits per heavy atom. The molecular weight excluding hydrogens is 244 g/mol. The molecule has 2 aromatic rings. The van der Waals surface area contributed by atoms with Crippen LogP contribution in [0, 0.1) is 11.3 Å². The molecule has 0 aliphatic rings. The Kier molecular flexibility index (Phi) is 3.69. The maximum Gasteiger partial charge on any atom is 0.330 e. The van der Waals surface area contributed by atoms with Crippen LogP contribution in [0.2, 0.25) is 0 Å². The van der Waals surface area contributed by atoms with Gasteiger partial charge in [0.15, 0.2) is 17.6 Å². The Morgan fingerprint density at radius 1 is 1.26 bits per heavy atom. The Morgan fingerprint density at radius 2 is 1.95 bits per heavy atom. The minimum Gasteiger partial charge on any atom is -0.479 e. The Balaban J connectivity index is 2.33. The summed E-state index contributed by atoms with van der Waals surface area (Å²) in [5.41, 5.74) is 0.634. The number of anilines is 1. The molecule has 1 atom stereocenters. The van der Waals surface area contributed by atoms with Crippen molar-refractivity contribution in [3.05, 3.63) is 54.0 Å². The van der Waals surface area contributed by atoms with Gasteiger partial charge in [-0.05, 0) is 5.56 Å². The fourth-order valence-corrected chi connectivity index (χ4v) is 1.60. The number of carbonyl (C=O) groups is 1. The van der Waals surface area contributed by atoms with E-state index in [9.17, 15) is 9.90 Å². The number of carboxylic acids is 1. The van der Waals surface area contributed by atoms with Gasteiger partial charge in [-0.25, -0.2) is 14.8 Å². The first kappa shape index (κ1) is 12.5. The predicted octanol–water partition coefficient (Wildman–Crippen LogP) is 1.59. The molecule has 1 heterocycles. The SMILES string of the molecule is N#Cc1nccnc1NC(C(=O)O)c1ccccc1. The highest BCUT2D eigenvalue weighted by atomic mass is 16.4. The third-order valence-electron chi connectivity index (χ3n) is 2.47. The molecule has 2 N–H and O–H groups in total. The number of aliphatic carboxylic acids is 1. The molecule has 6 nitrogen and oxygen atoms in total. The number of nitriles is 1. The zero-order valence-corrected chi connectivity index (χ0v) is 9.82. The molecule has 0 aliphatic heterocycles. The largest absolute Gasteiger partial charge is 0.479 e. The number of nitrogens with zero attached hydrogens (tertiary/aromatic N) is 3. The quantitative estimate of drug-likeness (QED) is 0.859. The highest BCUT2D eigenvalue weighted by Crippen LogP contribution is 2.19. The van der Waals surface area contributed by atoms with E-state index in [-0.39, 0.29) is 11.5 Å². The van der Waals surface area contributed by atoms with E-state index in [2.05, 4.69) is 15.3 Å². The molecule has 0 saturated heterocycles. The van der Waals surface area contributed by atoms with Crippen LogP contribution in [0.4, 0.5) is 5.82 Å². The summed E-state index contributed by atoms with van der Waals surface area (Å²) in [5.74, 6) is -0.901. The van der Waals surface area contributed by atoms with Crippen molar-refractivity contribution >= 4 is 11.8 Å². The second-order valence-electron chi connectivity index (χ2n) is 3.69. The van der Waals surface area contributed by atoms with Gasteiger partial charge < -0.3 is 10.4 Å². The number of rotatable bonds is 4. The lowest BCUT2D eigenvalue weighted by atomic mass is 10.1. The van der Waals surface area contributed by atoms with E-state index < -0.39 is 12.0 Å². The van der Waals surface area contributed by atoms with Gasteiger partial charge in [0.25, 0.3) is 0 Å². The molecule has 0 amide bonds. The Bertz CT molecular complexity index is 622. The summed E-state index contributed by atoms with van der Waals surface area (Å²) in [5, 5.41) is 20.9. The maximum absolute atomic E-state index is 11.3. The monoisotopic (exact) mass is 254 g/mol. The lowest BCUT2D eigenvalue weighted by molar-refractivity contribution is -0.138. The molecule has 0 spiro atoms. The first-order valence-electron chi connectivity index (χ1n) is 5.47. The van der Waals surface area contributed by atoms with Gasteiger partial charge >= 0.3 is 5.97 Å². The van der Waals surface area contributed by atoms with E-state index in [1.54, 1.807) is 30.3 Å². The van der Waals surface area contributed by atoms with Gasteiger partial charge in [-0.1, -0.05) is 30.3 Å². The summed E-state index contributed by atoms with van der Waals surface area (Å²) < 4.78 is 0. The van der Waals surface area contributed by atoms with Crippen LogP contribution in [0.1, 0.15) is 17.3 Å². The molecule has 0 saturated carbocycles. The Hall–Kier alpha value is -2.94. The second kappa shape index (κ2) is 5.60. The fraction of sp³-hybridized carbons (Fsp3) is 0.0769. The summed E-state index contributed by atoms with van der Waals surface area (Å²) in [4.78, 5) is 19.1. The Labute approximate surface area is 109 Å². The van der Waals surface area contributed by atoms with Crippen LogP contribution in [-0.2, 0) is 4.79 Å². The van der Waals surface area contributed by atoms with Crippen LogP contribution in [0.5, 0.6) is 0 Å². The van der Waals surface area contributed by atoms with Gasteiger partial charge in [-0.15, -0.1) is 0 Å². The van der Waals surface area contributed by atoms with Crippen LogP contribution in [0.25, 0.3) is 0 Å². The normalized spacial score (nSPS) is 11.3. The van der Waals surface area contributed by atoms with Gasteiger partial charge in [0.2, 0.25) is 0 Å². The average Bonchev–Trinajstić information content (AvgIpc) is 2.45. The van der Waals surface area contributed by atoms with Crippen LogP contribution < -0.4 is 5.32 Å². The molecule has 0 radical (unpaired) electrons. The number of hydrogen-bond acceptors (Lipinski definition) is 5. The van der Waals surface area contributed by atoms with Gasteiger partial charge in [0, 0.05) is 12.4 Å². The molecule has 0 bridgehead atoms. The summed E-state index contributed by atoms with van der Waals surface area (Å²) in [6.07, 6.45) is 2.77. The van der Waals surface area contributed by atoms with Crippen LogP contribution in [0.3, 0.4) is 0 Å². The van der Waals surface area contributed by atoms with Gasteiger partial charge in [-0.3, -0.25) is 0 Å².